The Balaban J connectivity index is 2.09. The topological polar surface area (TPSA) is 98.3 Å². The third-order valence-electron chi connectivity index (χ3n) is 2.80. The van der Waals surface area contributed by atoms with Crippen molar-refractivity contribution in [3.63, 3.8) is 0 Å². The SMILES string of the molecule is O=C(NNC(=O)c1ccccc1C(=O)[O-])c1ccccc1I. The van der Waals surface area contributed by atoms with Crippen LogP contribution in [0.2, 0.25) is 0 Å². The predicted molar refractivity (Wildman–Crippen MR) is 84.9 cm³/mol. The maximum Gasteiger partial charge on any atom is 0.270 e. The smallest absolute Gasteiger partial charge is 0.270 e. The molecule has 0 atom stereocenters. The molecule has 0 aromatic heterocycles. The number of hydrazine groups is 1. The number of hydrogen-bond acceptors (Lipinski definition) is 4. The van der Waals surface area contributed by atoms with Gasteiger partial charge in [-0.15, -0.1) is 0 Å². The molecule has 0 saturated heterocycles. The second kappa shape index (κ2) is 7.03. The van der Waals surface area contributed by atoms with Crippen LogP contribution in [-0.2, 0) is 0 Å². The van der Waals surface area contributed by atoms with E-state index < -0.39 is 17.8 Å². The van der Waals surface area contributed by atoms with Gasteiger partial charge in [0.05, 0.1) is 17.1 Å². The summed E-state index contributed by atoms with van der Waals surface area (Å²) in [7, 11) is 0. The van der Waals surface area contributed by atoms with Crippen LogP contribution in [0.5, 0.6) is 0 Å². The fourth-order valence-electron chi connectivity index (χ4n) is 1.75. The van der Waals surface area contributed by atoms with Gasteiger partial charge in [0, 0.05) is 9.13 Å². The Bertz CT molecular complexity index is 746. The predicted octanol–water partition coefficient (Wildman–Crippen LogP) is 0.729. The van der Waals surface area contributed by atoms with Crippen molar-refractivity contribution in [2.75, 3.05) is 0 Å². The summed E-state index contributed by atoms with van der Waals surface area (Å²) in [6.07, 6.45) is 0. The Morgan fingerprint density at radius 1 is 0.773 bits per heavy atom. The van der Waals surface area contributed by atoms with E-state index in [9.17, 15) is 19.5 Å². The van der Waals surface area contributed by atoms with Gasteiger partial charge in [-0.1, -0.05) is 30.3 Å². The average Bonchev–Trinajstić information content (AvgIpc) is 2.52. The highest BCUT2D eigenvalue weighted by Gasteiger charge is 2.14. The quantitative estimate of drug-likeness (QED) is 0.577. The van der Waals surface area contributed by atoms with E-state index in [4.69, 9.17) is 0 Å². The molecular formula is C15H10IN2O4-. The molecule has 0 aliphatic rings. The summed E-state index contributed by atoms with van der Waals surface area (Å²) < 4.78 is 0.724. The number of carbonyl (C=O) groups is 3. The molecule has 2 amide bonds. The Kier molecular flexibility index (Phi) is 5.10. The molecule has 0 unspecified atom stereocenters. The summed E-state index contributed by atoms with van der Waals surface area (Å²) in [6, 6.07) is 12.4. The third-order valence-corrected chi connectivity index (χ3v) is 3.74. The van der Waals surface area contributed by atoms with Crippen LogP contribution in [0.3, 0.4) is 0 Å². The molecular weight excluding hydrogens is 399 g/mol. The lowest BCUT2D eigenvalue weighted by atomic mass is 10.1. The maximum atomic E-state index is 12.0. The van der Waals surface area contributed by atoms with E-state index in [1.807, 2.05) is 22.6 Å². The molecule has 0 radical (unpaired) electrons. The fourth-order valence-corrected chi connectivity index (χ4v) is 2.39. The van der Waals surface area contributed by atoms with E-state index in [1.165, 1.54) is 24.3 Å². The van der Waals surface area contributed by atoms with Crippen LogP contribution in [0.1, 0.15) is 31.1 Å². The minimum atomic E-state index is -1.46. The lowest BCUT2D eigenvalue weighted by Crippen LogP contribution is -2.42. The number of carbonyl (C=O) groups excluding carboxylic acids is 3. The van der Waals surface area contributed by atoms with Crippen molar-refractivity contribution in [3.8, 4) is 0 Å². The molecule has 112 valence electrons. The van der Waals surface area contributed by atoms with Gasteiger partial charge in [0.2, 0.25) is 0 Å². The van der Waals surface area contributed by atoms with Gasteiger partial charge in [-0.2, -0.15) is 0 Å². The van der Waals surface area contributed by atoms with Crippen LogP contribution in [0.15, 0.2) is 48.5 Å². The van der Waals surface area contributed by atoms with Gasteiger partial charge in [-0.3, -0.25) is 20.4 Å². The highest BCUT2D eigenvalue weighted by Crippen LogP contribution is 2.11. The fraction of sp³-hybridized carbons (Fsp3) is 0. The highest BCUT2D eigenvalue weighted by molar-refractivity contribution is 14.1. The Morgan fingerprint density at radius 3 is 1.77 bits per heavy atom. The van der Waals surface area contributed by atoms with E-state index >= 15 is 0 Å². The summed E-state index contributed by atoms with van der Waals surface area (Å²) in [6.45, 7) is 0. The van der Waals surface area contributed by atoms with Crippen LogP contribution < -0.4 is 16.0 Å². The van der Waals surface area contributed by atoms with Crippen LogP contribution >= 0.6 is 22.6 Å². The van der Waals surface area contributed by atoms with Crippen LogP contribution in [0.4, 0.5) is 0 Å². The number of amides is 2. The van der Waals surface area contributed by atoms with Crippen LogP contribution in [0, 0.1) is 3.57 Å². The number of aromatic carboxylic acids is 1. The molecule has 2 aromatic carbocycles. The molecule has 0 spiro atoms. The normalized spacial score (nSPS) is 9.86. The van der Waals surface area contributed by atoms with E-state index in [0.29, 0.717) is 5.56 Å². The molecule has 0 aliphatic heterocycles. The number of nitrogens with one attached hydrogen (secondary N) is 2. The standard InChI is InChI=1S/C15H11IN2O4/c16-12-8-4-3-7-11(12)14(20)18-17-13(19)9-5-1-2-6-10(9)15(21)22/h1-8H,(H,17,19)(H,18,20)(H,21,22)/p-1. The van der Waals surface area contributed by atoms with Gasteiger partial charge in [0.25, 0.3) is 11.8 Å². The second-order valence-electron chi connectivity index (χ2n) is 4.22. The van der Waals surface area contributed by atoms with Crippen molar-refractivity contribution < 1.29 is 19.5 Å². The molecule has 0 aliphatic carbocycles. The summed E-state index contributed by atoms with van der Waals surface area (Å²) in [5.41, 5.74) is 4.50. The molecule has 2 N–H and O–H groups in total. The second-order valence-corrected chi connectivity index (χ2v) is 5.38. The third kappa shape index (κ3) is 3.61. The van der Waals surface area contributed by atoms with Crippen LogP contribution in [0.25, 0.3) is 0 Å². The minimum Gasteiger partial charge on any atom is -0.545 e. The average molecular weight is 409 g/mol. The summed E-state index contributed by atoms with van der Waals surface area (Å²) >= 11 is 2.00. The first-order valence-corrected chi connectivity index (χ1v) is 7.24. The first-order chi connectivity index (χ1) is 10.5. The van der Waals surface area contributed by atoms with E-state index in [1.54, 1.807) is 24.3 Å². The molecule has 7 heteroatoms. The largest absolute Gasteiger partial charge is 0.545 e. The zero-order valence-electron chi connectivity index (χ0n) is 11.1. The van der Waals surface area contributed by atoms with Gasteiger partial charge in [0.15, 0.2) is 0 Å². The first kappa shape index (κ1) is 16.0. The molecule has 22 heavy (non-hydrogen) atoms. The summed E-state index contributed by atoms with van der Waals surface area (Å²) in [4.78, 5) is 34.9. The van der Waals surface area contributed by atoms with E-state index in [-0.39, 0.29) is 11.1 Å². The minimum absolute atomic E-state index is 0.0921. The monoisotopic (exact) mass is 409 g/mol. The van der Waals surface area contributed by atoms with Gasteiger partial charge in [0.1, 0.15) is 0 Å². The van der Waals surface area contributed by atoms with E-state index in [2.05, 4.69) is 10.9 Å². The van der Waals surface area contributed by atoms with Crippen molar-refractivity contribution in [3.05, 3.63) is 68.8 Å². The number of carboxylic acids is 1. The maximum absolute atomic E-state index is 12.0. The molecule has 6 nitrogen and oxygen atoms in total. The highest BCUT2D eigenvalue weighted by atomic mass is 127. The molecule has 0 saturated carbocycles. The molecule has 0 fully saturated rings. The molecule has 2 aromatic rings. The Hall–Kier alpha value is -2.42. The Labute approximate surface area is 139 Å². The zero-order chi connectivity index (χ0) is 16.1. The summed E-state index contributed by atoms with van der Waals surface area (Å²) in [5, 5.41) is 11.0. The van der Waals surface area contributed by atoms with Crippen molar-refractivity contribution in [1.29, 1.82) is 0 Å². The van der Waals surface area contributed by atoms with Crippen molar-refractivity contribution in [1.82, 2.24) is 10.9 Å². The molecule has 0 bridgehead atoms. The zero-order valence-corrected chi connectivity index (χ0v) is 13.3. The molecule has 2 rings (SSSR count). The van der Waals surface area contributed by atoms with Crippen molar-refractivity contribution >= 4 is 40.4 Å². The van der Waals surface area contributed by atoms with Gasteiger partial charge in [-0.25, -0.2) is 0 Å². The van der Waals surface area contributed by atoms with Crippen molar-refractivity contribution in [2.24, 2.45) is 0 Å². The van der Waals surface area contributed by atoms with Crippen LogP contribution in [-0.4, -0.2) is 17.8 Å². The van der Waals surface area contributed by atoms with Crippen molar-refractivity contribution in [2.45, 2.75) is 0 Å². The number of rotatable bonds is 3. The number of halogens is 1. The first-order valence-electron chi connectivity index (χ1n) is 6.16. The van der Waals surface area contributed by atoms with Gasteiger partial charge in [-0.05, 0) is 40.8 Å². The van der Waals surface area contributed by atoms with Gasteiger partial charge < -0.3 is 9.90 Å². The lowest BCUT2D eigenvalue weighted by Gasteiger charge is -2.12. The number of carboxylic acid groups (broad SMARTS) is 1. The van der Waals surface area contributed by atoms with E-state index in [0.717, 1.165) is 3.57 Å². The molecule has 0 heterocycles. The Morgan fingerprint density at radius 2 is 1.23 bits per heavy atom. The lowest BCUT2D eigenvalue weighted by molar-refractivity contribution is -0.255. The number of hydrogen-bond donors (Lipinski definition) is 2. The number of benzene rings is 2. The van der Waals surface area contributed by atoms with Gasteiger partial charge >= 0.3 is 0 Å². The summed E-state index contributed by atoms with van der Waals surface area (Å²) in [5.74, 6) is -2.70.